The van der Waals surface area contributed by atoms with Crippen LogP contribution in [0.15, 0.2) is 48.5 Å². The summed E-state index contributed by atoms with van der Waals surface area (Å²) in [7, 11) is 0. The first-order valence-electron chi connectivity index (χ1n) is 8.12. The van der Waals surface area contributed by atoms with Gasteiger partial charge >= 0.3 is 0 Å². The highest BCUT2D eigenvalue weighted by molar-refractivity contribution is 5.94. The lowest BCUT2D eigenvalue weighted by Crippen LogP contribution is -2.23. The molecule has 23 heavy (non-hydrogen) atoms. The second-order valence-corrected chi connectivity index (χ2v) is 5.89. The molecule has 0 radical (unpaired) electrons. The smallest absolute Gasteiger partial charge is 0.251 e. The van der Waals surface area contributed by atoms with Crippen LogP contribution in [0.4, 0.5) is 0 Å². The fourth-order valence-corrected chi connectivity index (χ4v) is 2.85. The van der Waals surface area contributed by atoms with E-state index in [0.717, 1.165) is 30.4 Å². The molecule has 0 atom stereocenters. The monoisotopic (exact) mass is 306 g/mol. The van der Waals surface area contributed by atoms with Crippen LogP contribution in [0.1, 0.15) is 39.0 Å². The number of amides is 1. The Kier molecular flexibility index (Phi) is 4.89. The van der Waals surface area contributed by atoms with Crippen LogP contribution in [-0.4, -0.2) is 12.5 Å². The predicted octanol–water partition coefficient (Wildman–Crippen LogP) is 3.08. The maximum Gasteiger partial charge on any atom is 0.251 e. The molecule has 118 valence electrons. The lowest BCUT2D eigenvalue weighted by Gasteiger charge is -2.12. The van der Waals surface area contributed by atoms with Crippen molar-refractivity contribution in [2.75, 3.05) is 6.54 Å². The third-order valence-corrected chi connectivity index (χ3v) is 4.19. The second kappa shape index (κ2) is 7.25. The summed E-state index contributed by atoms with van der Waals surface area (Å²) in [5.74, 6) is -0.0200. The van der Waals surface area contributed by atoms with Crippen LogP contribution in [0.2, 0.25) is 0 Å². The summed E-state index contributed by atoms with van der Waals surface area (Å²) in [6.45, 7) is 1.20. The molecule has 1 amide bonds. The topological polar surface area (TPSA) is 55.1 Å². The first-order valence-corrected chi connectivity index (χ1v) is 8.12. The number of allylic oxidation sites excluding steroid dienone is 1. The highest BCUT2D eigenvalue weighted by Gasteiger charge is 2.10. The van der Waals surface area contributed by atoms with E-state index in [2.05, 4.69) is 29.6 Å². The predicted molar refractivity (Wildman–Crippen MR) is 94.2 cm³/mol. The zero-order chi connectivity index (χ0) is 16.1. The Hall–Kier alpha value is -2.39. The van der Waals surface area contributed by atoms with Crippen LogP contribution in [-0.2, 0) is 19.4 Å². The highest BCUT2D eigenvalue weighted by Crippen LogP contribution is 2.20. The maximum atomic E-state index is 12.3. The maximum absolute atomic E-state index is 12.3. The Morgan fingerprint density at radius 2 is 1.87 bits per heavy atom. The van der Waals surface area contributed by atoms with Crippen LogP contribution in [0.3, 0.4) is 0 Å². The van der Waals surface area contributed by atoms with E-state index in [1.807, 2.05) is 30.3 Å². The van der Waals surface area contributed by atoms with E-state index in [1.54, 1.807) is 0 Å². The molecule has 3 rings (SSSR count). The Morgan fingerprint density at radius 1 is 1.09 bits per heavy atom. The van der Waals surface area contributed by atoms with E-state index in [9.17, 15) is 4.79 Å². The first-order chi connectivity index (χ1) is 11.3. The summed E-state index contributed by atoms with van der Waals surface area (Å²) in [5, 5.41) is 2.99. The van der Waals surface area contributed by atoms with E-state index in [4.69, 9.17) is 5.73 Å². The summed E-state index contributed by atoms with van der Waals surface area (Å²) < 4.78 is 0. The van der Waals surface area contributed by atoms with Gasteiger partial charge in [0, 0.05) is 12.1 Å². The fraction of sp³-hybridized carbons (Fsp3) is 0.250. The quantitative estimate of drug-likeness (QED) is 0.892. The standard InChI is InChI=1S/C20H22N2O/c21-12-11-15-5-7-16(8-6-15)14-22-20(23)19-10-9-17-3-1-2-4-18(17)13-19/h1,3,5-10,13H,2,4,11-12,14,21H2,(H,22,23). The summed E-state index contributed by atoms with van der Waals surface area (Å²) in [4.78, 5) is 12.3. The van der Waals surface area contributed by atoms with Gasteiger partial charge in [-0.3, -0.25) is 4.79 Å². The summed E-state index contributed by atoms with van der Waals surface area (Å²) in [6, 6.07) is 14.2. The van der Waals surface area contributed by atoms with Crippen molar-refractivity contribution in [2.24, 2.45) is 5.73 Å². The van der Waals surface area contributed by atoms with E-state index in [0.29, 0.717) is 13.1 Å². The molecule has 0 unspecified atom stereocenters. The Balaban J connectivity index is 1.62. The molecular formula is C20H22N2O. The molecule has 3 N–H and O–H groups in total. The zero-order valence-corrected chi connectivity index (χ0v) is 13.2. The lowest BCUT2D eigenvalue weighted by molar-refractivity contribution is 0.0951. The number of rotatable bonds is 5. The normalized spacial score (nSPS) is 12.7. The van der Waals surface area contributed by atoms with Crippen molar-refractivity contribution in [3.8, 4) is 0 Å². The lowest BCUT2D eigenvalue weighted by atomic mass is 9.95. The number of hydrogen-bond acceptors (Lipinski definition) is 2. The number of benzene rings is 2. The minimum Gasteiger partial charge on any atom is -0.348 e. The second-order valence-electron chi connectivity index (χ2n) is 5.89. The molecule has 0 heterocycles. The average molecular weight is 306 g/mol. The third-order valence-electron chi connectivity index (χ3n) is 4.19. The Labute approximate surface area is 137 Å². The van der Waals surface area contributed by atoms with Crippen molar-refractivity contribution >= 4 is 12.0 Å². The van der Waals surface area contributed by atoms with Gasteiger partial charge in [0.15, 0.2) is 0 Å². The van der Waals surface area contributed by atoms with Gasteiger partial charge in [0.05, 0.1) is 0 Å². The fourth-order valence-electron chi connectivity index (χ4n) is 2.85. The Bertz CT molecular complexity index is 717. The summed E-state index contributed by atoms with van der Waals surface area (Å²) in [5.41, 5.74) is 11.1. The van der Waals surface area contributed by atoms with Crippen LogP contribution < -0.4 is 11.1 Å². The minimum absolute atomic E-state index is 0.0200. The molecule has 0 saturated carbocycles. The third kappa shape index (κ3) is 3.88. The van der Waals surface area contributed by atoms with Crippen molar-refractivity contribution in [1.29, 1.82) is 0 Å². The molecule has 0 bridgehead atoms. The van der Waals surface area contributed by atoms with Gasteiger partial charge in [0.25, 0.3) is 5.91 Å². The van der Waals surface area contributed by atoms with E-state index in [1.165, 1.54) is 16.7 Å². The highest BCUT2D eigenvalue weighted by atomic mass is 16.1. The Morgan fingerprint density at radius 3 is 2.65 bits per heavy atom. The number of hydrogen-bond donors (Lipinski definition) is 2. The van der Waals surface area contributed by atoms with Gasteiger partial charge < -0.3 is 11.1 Å². The minimum atomic E-state index is -0.0200. The zero-order valence-electron chi connectivity index (χ0n) is 13.2. The summed E-state index contributed by atoms with van der Waals surface area (Å²) >= 11 is 0. The van der Waals surface area contributed by atoms with E-state index < -0.39 is 0 Å². The van der Waals surface area contributed by atoms with Gasteiger partial charge in [-0.25, -0.2) is 0 Å². The molecular weight excluding hydrogens is 284 g/mol. The van der Waals surface area contributed by atoms with Gasteiger partial charge in [0.2, 0.25) is 0 Å². The van der Waals surface area contributed by atoms with E-state index >= 15 is 0 Å². The molecule has 0 spiro atoms. The SMILES string of the molecule is NCCc1ccc(CNC(=O)c2ccc3c(c2)CCC=C3)cc1. The molecule has 3 nitrogen and oxygen atoms in total. The number of carbonyl (C=O) groups excluding carboxylic acids is 1. The average Bonchev–Trinajstić information content (AvgIpc) is 2.60. The van der Waals surface area contributed by atoms with Crippen LogP contribution in [0.5, 0.6) is 0 Å². The number of carbonyl (C=O) groups is 1. The molecule has 1 aliphatic rings. The molecule has 3 heteroatoms. The van der Waals surface area contributed by atoms with Gasteiger partial charge in [-0.15, -0.1) is 0 Å². The van der Waals surface area contributed by atoms with Gasteiger partial charge in [-0.1, -0.05) is 42.5 Å². The van der Waals surface area contributed by atoms with Crippen molar-refractivity contribution < 1.29 is 4.79 Å². The van der Waals surface area contributed by atoms with Crippen molar-refractivity contribution in [3.05, 3.63) is 76.4 Å². The van der Waals surface area contributed by atoms with Gasteiger partial charge in [-0.2, -0.15) is 0 Å². The van der Waals surface area contributed by atoms with Gasteiger partial charge in [0.1, 0.15) is 0 Å². The van der Waals surface area contributed by atoms with Crippen molar-refractivity contribution in [2.45, 2.75) is 25.8 Å². The molecule has 0 aliphatic heterocycles. The number of nitrogens with one attached hydrogen (secondary N) is 1. The summed E-state index contributed by atoms with van der Waals surface area (Å²) in [6.07, 6.45) is 7.25. The molecule has 0 saturated heterocycles. The molecule has 0 fully saturated rings. The molecule has 2 aromatic rings. The number of nitrogens with two attached hydrogens (primary N) is 1. The van der Waals surface area contributed by atoms with Crippen molar-refractivity contribution in [3.63, 3.8) is 0 Å². The first kappa shape index (κ1) is 15.5. The van der Waals surface area contributed by atoms with Crippen LogP contribution in [0.25, 0.3) is 6.08 Å². The molecule has 0 aromatic heterocycles. The van der Waals surface area contributed by atoms with Crippen molar-refractivity contribution in [1.82, 2.24) is 5.32 Å². The number of aryl methyl sites for hydroxylation is 1. The van der Waals surface area contributed by atoms with E-state index in [-0.39, 0.29) is 5.91 Å². The molecule has 1 aliphatic carbocycles. The van der Waals surface area contributed by atoms with Crippen LogP contribution >= 0.6 is 0 Å². The van der Waals surface area contributed by atoms with Gasteiger partial charge in [-0.05, 0) is 60.2 Å². The largest absolute Gasteiger partial charge is 0.348 e. The number of fused-ring (bicyclic) bond motifs is 1. The van der Waals surface area contributed by atoms with Crippen LogP contribution in [0, 0.1) is 0 Å². The molecule has 2 aromatic carbocycles.